The molecule has 0 atom stereocenters. The molecule has 0 fully saturated rings. The summed E-state index contributed by atoms with van der Waals surface area (Å²) in [4.78, 5) is 27.9. The van der Waals surface area contributed by atoms with E-state index in [9.17, 15) is 9.36 Å². The van der Waals surface area contributed by atoms with Crippen molar-refractivity contribution in [3.8, 4) is 0 Å². The highest BCUT2D eigenvalue weighted by molar-refractivity contribution is 7.46. The van der Waals surface area contributed by atoms with Crippen LogP contribution < -0.4 is 0 Å². The number of carbonyl (C=O) groups is 1. The maximum absolute atomic E-state index is 10.6. The molecule has 0 aromatic rings. The van der Waals surface area contributed by atoms with Gasteiger partial charge in [0.05, 0.1) is 6.61 Å². The summed E-state index contributed by atoms with van der Waals surface area (Å²) < 4.78 is 20.8. The molecule has 3 N–H and O–H groups in total. The molecule has 0 rings (SSSR count). The Morgan fingerprint density at radius 3 is 1.53 bits per heavy atom. The van der Waals surface area contributed by atoms with E-state index >= 15 is 0 Å². The van der Waals surface area contributed by atoms with Crippen molar-refractivity contribution in [2.45, 2.75) is 105 Å². The van der Waals surface area contributed by atoms with E-state index in [-0.39, 0.29) is 23.9 Å². The number of hydrogen-bond acceptors (Lipinski definition) is 4. The van der Waals surface area contributed by atoms with Crippen molar-refractivity contribution in [1.29, 1.82) is 0 Å². The predicted molar refractivity (Wildman–Crippen MR) is 119 cm³/mol. The lowest BCUT2D eigenvalue weighted by Gasteiger charge is -2.24. The van der Waals surface area contributed by atoms with Gasteiger partial charge in [-0.25, -0.2) is 4.57 Å². The van der Waals surface area contributed by atoms with Gasteiger partial charge in [-0.3, -0.25) is 9.32 Å². The topological polar surface area (TPSA) is 113 Å². The van der Waals surface area contributed by atoms with Gasteiger partial charge < -0.3 is 19.6 Å². The minimum atomic E-state index is -4.33. The Morgan fingerprint density at radius 2 is 1.13 bits per heavy atom. The minimum absolute atomic E-state index is 0.105. The minimum Gasteiger partial charge on any atom is -0.481 e. The second-order valence-corrected chi connectivity index (χ2v) is 11.1. The van der Waals surface area contributed by atoms with E-state index < -0.39 is 13.8 Å². The Balaban J connectivity index is 3.59. The number of hydrogen-bond donors (Lipinski definition) is 3. The van der Waals surface area contributed by atoms with E-state index in [2.05, 4.69) is 32.2 Å². The van der Waals surface area contributed by atoms with Crippen LogP contribution >= 0.6 is 7.82 Å². The molecule has 0 bridgehead atoms. The van der Waals surface area contributed by atoms with Gasteiger partial charge in [0.2, 0.25) is 0 Å². The molecule has 0 unspecified atom stereocenters. The largest absolute Gasteiger partial charge is 0.481 e. The Morgan fingerprint density at radius 1 is 0.733 bits per heavy atom. The summed E-state index contributed by atoms with van der Waals surface area (Å²) in [6, 6.07) is 0. The first-order chi connectivity index (χ1) is 13.8. The first-order valence-electron chi connectivity index (χ1n) is 11.3. The third-order valence-corrected chi connectivity index (χ3v) is 6.05. The number of aliphatic carboxylic acids is 1. The van der Waals surface area contributed by atoms with Gasteiger partial charge in [-0.05, 0) is 62.2 Å². The summed E-state index contributed by atoms with van der Waals surface area (Å²) in [5.74, 6) is -0.713. The summed E-state index contributed by atoms with van der Waals surface area (Å²) in [5.41, 5.74) is 0.414. The van der Waals surface area contributed by atoms with Crippen LogP contribution in [0.3, 0.4) is 0 Å². The molecule has 0 amide bonds. The second-order valence-electron chi connectivity index (χ2n) is 9.88. The number of carboxylic acids is 1. The molecular weight excluding hydrogens is 407 g/mol. The van der Waals surface area contributed by atoms with Gasteiger partial charge in [0.15, 0.2) is 0 Å². The molecular formula is C22H45O7P. The van der Waals surface area contributed by atoms with E-state index in [1.54, 1.807) is 0 Å². The normalized spacial score (nSPS) is 13.0. The summed E-state index contributed by atoms with van der Waals surface area (Å²) in [6.45, 7) is 10.6. The first kappa shape index (κ1) is 29.5. The summed E-state index contributed by atoms with van der Waals surface area (Å²) >= 11 is 0. The van der Waals surface area contributed by atoms with Crippen LogP contribution in [-0.4, -0.2) is 40.7 Å². The second kappa shape index (κ2) is 15.4. The molecule has 7 nitrogen and oxygen atoms in total. The van der Waals surface area contributed by atoms with Gasteiger partial charge in [-0.2, -0.15) is 0 Å². The summed E-state index contributed by atoms with van der Waals surface area (Å²) in [5, 5.41) is 8.73. The molecule has 30 heavy (non-hydrogen) atoms. The van der Waals surface area contributed by atoms with Crippen LogP contribution in [0, 0.1) is 10.8 Å². The van der Waals surface area contributed by atoms with Crippen molar-refractivity contribution in [2.75, 3.05) is 19.8 Å². The standard InChI is InChI=1S/C22H45O7P/c1-21(2,15-7-10-19-29-30(25,26)27)13-5-8-17-28-18-9-6-14-22(3,4)16-11-12-20(23)24/h5-19H2,1-4H3,(H,23,24)(H2,25,26,27). The number of phosphoric ester groups is 1. The van der Waals surface area contributed by atoms with Crippen LogP contribution in [0.2, 0.25) is 0 Å². The van der Waals surface area contributed by atoms with Crippen molar-refractivity contribution in [3.05, 3.63) is 0 Å². The zero-order valence-electron chi connectivity index (χ0n) is 19.5. The fourth-order valence-corrected chi connectivity index (χ4v) is 3.94. The Kier molecular flexibility index (Phi) is 15.1. The van der Waals surface area contributed by atoms with Crippen LogP contribution in [0.5, 0.6) is 0 Å². The SMILES string of the molecule is CC(C)(CCCCOCCCCC(C)(C)CCCC(=O)O)CCCCOP(=O)(O)O. The monoisotopic (exact) mass is 452 g/mol. The van der Waals surface area contributed by atoms with Crippen molar-refractivity contribution < 1.29 is 33.5 Å². The lowest BCUT2D eigenvalue weighted by Crippen LogP contribution is -2.13. The third-order valence-electron chi connectivity index (χ3n) is 5.54. The molecule has 0 saturated heterocycles. The summed E-state index contributed by atoms with van der Waals surface area (Å²) in [7, 11) is -4.33. The van der Waals surface area contributed by atoms with Gasteiger partial charge >= 0.3 is 13.8 Å². The van der Waals surface area contributed by atoms with Gasteiger partial charge in [0.25, 0.3) is 0 Å². The zero-order valence-corrected chi connectivity index (χ0v) is 20.4. The Hall–Kier alpha value is -0.460. The number of carboxylic acid groups (broad SMARTS) is 1. The van der Waals surface area contributed by atoms with Crippen molar-refractivity contribution in [2.24, 2.45) is 10.8 Å². The van der Waals surface area contributed by atoms with Crippen LogP contribution in [0.4, 0.5) is 0 Å². The molecule has 0 saturated carbocycles. The highest BCUT2D eigenvalue weighted by Crippen LogP contribution is 2.36. The van der Waals surface area contributed by atoms with Gasteiger partial charge in [0.1, 0.15) is 0 Å². The highest BCUT2D eigenvalue weighted by atomic mass is 31.2. The van der Waals surface area contributed by atoms with Crippen molar-refractivity contribution in [3.63, 3.8) is 0 Å². The third kappa shape index (κ3) is 20.8. The van der Waals surface area contributed by atoms with E-state index in [0.717, 1.165) is 77.4 Å². The average molecular weight is 453 g/mol. The number of phosphoric acid groups is 1. The van der Waals surface area contributed by atoms with Crippen LogP contribution in [-0.2, 0) is 18.6 Å². The zero-order chi connectivity index (χ0) is 23.1. The van der Waals surface area contributed by atoms with Crippen molar-refractivity contribution in [1.82, 2.24) is 0 Å². The molecule has 0 aliphatic heterocycles. The van der Waals surface area contributed by atoms with E-state index in [4.69, 9.17) is 19.6 Å². The molecule has 0 aromatic heterocycles. The van der Waals surface area contributed by atoms with Crippen molar-refractivity contribution >= 4 is 13.8 Å². The van der Waals surface area contributed by atoms with Gasteiger partial charge in [0, 0.05) is 19.6 Å². The Bertz CT molecular complexity index is 500. The molecule has 0 heterocycles. The lowest BCUT2D eigenvalue weighted by atomic mass is 9.82. The number of ether oxygens (including phenoxy) is 1. The average Bonchev–Trinajstić information content (AvgIpc) is 2.58. The van der Waals surface area contributed by atoms with Crippen LogP contribution in [0.15, 0.2) is 0 Å². The van der Waals surface area contributed by atoms with Crippen LogP contribution in [0.1, 0.15) is 105 Å². The number of unbranched alkanes of at least 4 members (excludes halogenated alkanes) is 3. The van der Waals surface area contributed by atoms with Gasteiger partial charge in [-0.1, -0.05) is 47.0 Å². The van der Waals surface area contributed by atoms with E-state index in [0.29, 0.717) is 6.42 Å². The van der Waals surface area contributed by atoms with Crippen LogP contribution in [0.25, 0.3) is 0 Å². The highest BCUT2D eigenvalue weighted by Gasteiger charge is 2.19. The molecule has 0 aromatic carbocycles. The fourth-order valence-electron chi connectivity index (χ4n) is 3.57. The molecule has 0 aliphatic carbocycles. The molecule has 0 aliphatic rings. The molecule has 180 valence electrons. The maximum atomic E-state index is 10.6. The Labute approximate surface area is 183 Å². The number of rotatable bonds is 20. The lowest BCUT2D eigenvalue weighted by molar-refractivity contribution is -0.137. The predicted octanol–water partition coefficient (Wildman–Crippen LogP) is 5.93. The molecule has 0 radical (unpaired) electrons. The maximum Gasteiger partial charge on any atom is 0.469 e. The first-order valence-corrected chi connectivity index (χ1v) is 12.9. The van der Waals surface area contributed by atoms with Gasteiger partial charge in [-0.15, -0.1) is 0 Å². The molecule has 0 spiro atoms. The van der Waals surface area contributed by atoms with E-state index in [1.165, 1.54) is 0 Å². The smallest absolute Gasteiger partial charge is 0.469 e. The fraction of sp³-hybridized carbons (Fsp3) is 0.955. The molecule has 8 heteroatoms. The summed E-state index contributed by atoms with van der Waals surface area (Å²) in [6.07, 6.45) is 11.1. The van der Waals surface area contributed by atoms with E-state index in [1.807, 2.05) is 0 Å². The quantitative estimate of drug-likeness (QED) is 0.155.